The van der Waals surface area contributed by atoms with Gasteiger partial charge in [-0.15, -0.1) is 0 Å². The van der Waals surface area contributed by atoms with Crippen LogP contribution in [0.5, 0.6) is 0 Å². The van der Waals surface area contributed by atoms with Crippen LogP contribution in [0.1, 0.15) is 37.7 Å². The van der Waals surface area contributed by atoms with Crippen molar-refractivity contribution in [1.29, 1.82) is 5.26 Å². The van der Waals surface area contributed by atoms with Crippen LogP contribution in [0.4, 0.5) is 0 Å². The Bertz CT molecular complexity index is 945. The van der Waals surface area contributed by atoms with Crippen molar-refractivity contribution in [2.45, 2.75) is 40.2 Å². The van der Waals surface area contributed by atoms with Crippen LogP contribution < -0.4 is 5.32 Å². The van der Waals surface area contributed by atoms with E-state index in [1.165, 1.54) is 6.08 Å². The molecule has 7 heteroatoms. The van der Waals surface area contributed by atoms with Crippen LogP contribution in [0.3, 0.4) is 0 Å². The summed E-state index contributed by atoms with van der Waals surface area (Å²) < 4.78 is 6.73. The van der Waals surface area contributed by atoms with E-state index in [-0.39, 0.29) is 5.57 Å². The molecule has 0 radical (unpaired) electrons. The number of aromatic nitrogens is 2. The lowest BCUT2D eigenvalue weighted by Gasteiger charge is -2.20. The first-order chi connectivity index (χ1) is 13.1. The van der Waals surface area contributed by atoms with Gasteiger partial charge in [-0.25, -0.2) is 9.48 Å². The Morgan fingerprint density at radius 2 is 1.89 bits per heavy atom. The van der Waals surface area contributed by atoms with Crippen molar-refractivity contribution < 1.29 is 14.3 Å². The number of para-hydroxylation sites is 1. The topological polar surface area (TPSA) is 97.0 Å². The van der Waals surface area contributed by atoms with Gasteiger partial charge < -0.3 is 10.1 Å². The third kappa shape index (κ3) is 5.30. The molecule has 0 bridgehead atoms. The lowest BCUT2D eigenvalue weighted by molar-refractivity contribution is -0.144. The molecule has 0 aliphatic carbocycles. The van der Waals surface area contributed by atoms with Gasteiger partial charge in [-0.3, -0.25) is 4.79 Å². The summed E-state index contributed by atoms with van der Waals surface area (Å²) >= 11 is 0. The fourth-order valence-electron chi connectivity index (χ4n) is 2.63. The molecule has 2 rings (SSSR count). The third-order valence-electron chi connectivity index (χ3n) is 3.83. The van der Waals surface area contributed by atoms with Crippen molar-refractivity contribution in [3.05, 3.63) is 52.9 Å². The van der Waals surface area contributed by atoms with Gasteiger partial charge in [-0.2, -0.15) is 10.4 Å². The predicted molar refractivity (Wildman–Crippen MR) is 105 cm³/mol. The number of benzene rings is 1. The molecule has 146 valence electrons. The standard InChI is InChI=1S/C21H24N4O3/c1-14-18(15(2)25(24-14)17-9-7-6-8-10-17)11-16(12-22)20(27)28-13-19(26)23-21(3,4)5/h6-11H,13H2,1-5H3,(H,23,26)/b16-11+. The number of rotatable bonds is 5. The Morgan fingerprint density at radius 3 is 2.46 bits per heavy atom. The minimum Gasteiger partial charge on any atom is -0.451 e. The zero-order valence-corrected chi connectivity index (χ0v) is 16.7. The highest BCUT2D eigenvalue weighted by Crippen LogP contribution is 2.20. The average Bonchev–Trinajstić information content (AvgIpc) is 2.91. The van der Waals surface area contributed by atoms with Gasteiger partial charge in [0, 0.05) is 16.8 Å². The molecule has 7 nitrogen and oxygen atoms in total. The molecule has 1 aromatic carbocycles. The Morgan fingerprint density at radius 1 is 1.25 bits per heavy atom. The van der Waals surface area contributed by atoms with Gasteiger partial charge in [0.05, 0.1) is 11.4 Å². The van der Waals surface area contributed by atoms with Crippen molar-refractivity contribution in [1.82, 2.24) is 15.1 Å². The number of aryl methyl sites for hydroxylation is 1. The number of nitriles is 1. The Balaban J connectivity index is 2.21. The van der Waals surface area contributed by atoms with E-state index in [2.05, 4.69) is 10.4 Å². The first-order valence-electron chi connectivity index (χ1n) is 8.84. The van der Waals surface area contributed by atoms with Crippen molar-refractivity contribution in [3.63, 3.8) is 0 Å². The number of amides is 1. The summed E-state index contributed by atoms with van der Waals surface area (Å²) in [6.07, 6.45) is 1.45. The fraction of sp³-hybridized carbons (Fsp3) is 0.333. The van der Waals surface area contributed by atoms with Gasteiger partial charge in [-0.05, 0) is 52.8 Å². The van der Waals surface area contributed by atoms with Crippen molar-refractivity contribution in [2.24, 2.45) is 0 Å². The Labute approximate surface area is 164 Å². The number of carbonyl (C=O) groups excluding carboxylic acids is 2. The maximum atomic E-state index is 12.2. The Hall–Kier alpha value is -3.40. The van der Waals surface area contributed by atoms with Gasteiger partial charge in [0.25, 0.3) is 5.91 Å². The minimum absolute atomic E-state index is 0.192. The zero-order chi connectivity index (χ0) is 20.9. The summed E-state index contributed by atoms with van der Waals surface area (Å²) in [7, 11) is 0. The molecule has 2 aromatic rings. The monoisotopic (exact) mass is 380 g/mol. The number of hydrogen-bond acceptors (Lipinski definition) is 5. The largest absolute Gasteiger partial charge is 0.451 e. The summed E-state index contributed by atoms with van der Waals surface area (Å²) in [6, 6.07) is 11.4. The van der Waals surface area contributed by atoms with E-state index in [4.69, 9.17) is 4.74 Å². The third-order valence-corrected chi connectivity index (χ3v) is 3.83. The molecule has 0 atom stereocenters. The highest BCUT2D eigenvalue weighted by atomic mass is 16.5. The van der Waals surface area contributed by atoms with Gasteiger partial charge in [0.1, 0.15) is 11.6 Å². The molecule has 0 fully saturated rings. The van der Waals surface area contributed by atoms with Crippen LogP contribution in [-0.2, 0) is 14.3 Å². The number of nitrogens with one attached hydrogen (secondary N) is 1. The molecular weight excluding hydrogens is 356 g/mol. The minimum atomic E-state index is -0.849. The fourth-order valence-corrected chi connectivity index (χ4v) is 2.63. The molecular formula is C21H24N4O3. The average molecular weight is 380 g/mol. The summed E-state index contributed by atoms with van der Waals surface area (Å²) in [6.45, 7) is 8.68. The van der Waals surface area contributed by atoms with E-state index >= 15 is 0 Å². The van der Waals surface area contributed by atoms with Crippen molar-refractivity contribution >= 4 is 18.0 Å². The number of esters is 1. The van der Waals surface area contributed by atoms with Crippen molar-refractivity contribution in [3.8, 4) is 11.8 Å². The molecule has 0 spiro atoms. The molecule has 1 heterocycles. The van der Waals surface area contributed by atoms with E-state index in [1.54, 1.807) is 11.6 Å². The van der Waals surface area contributed by atoms with Gasteiger partial charge in [0.2, 0.25) is 0 Å². The molecule has 1 N–H and O–H groups in total. The molecule has 0 aliphatic heterocycles. The maximum absolute atomic E-state index is 12.2. The molecule has 0 unspecified atom stereocenters. The summed E-state index contributed by atoms with van der Waals surface area (Å²) in [4.78, 5) is 24.0. The number of ether oxygens (including phenoxy) is 1. The summed E-state index contributed by atoms with van der Waals surface area (Å²) in [5, 5.41) is 16.5. The molecule has 28 heavy (non-hydrogen) atoms. The van der Waals surface area contributed by atoms with Crippen LogP contribution in [0.25, 0.3) is 11.8 Å². The van der Waals surface area contributed by atoms with E-state index in [1.807, 2.05) is 64.1 Å². The van der Waals surface area contributed by atoms with Crippen LogP contribution in [0, 0.1) is 25.2 Å². The second-order valence-electron chi connectivity index (χ2n) is 7.38. The van der Waals surface area contributed by atoms with Gasteiger partial charge in [-0.1, -0.05) is 18.2 Å². The zero-order valence-electron chi connectivity index (χ0n) is 16.7. The quantitative estimate of drug-likeness (QED) is 0.489. The van der Waals surface area contributed by atoms with E-state index < -0.39 is 24.0 Å². The van der Waals surface area contributed by atoms with Crippen LogP contribution in [0.15, 0.2) is 35.9 Å². The number of hydrogen-bond donors (Lipinski definition) is 1. The van der Waals surface area contributed by atoms with Crippen LogP contribution in [0.2, 0.25) is 0 Å². The van der Waals surface area contributed by atoms with Gasteiger partial charge in [0.15, 0.2) is 6.61 Å². The normalized spacial score (nSPS) is 11.6. The lowest BCUT2D eigenvalue weighted by atomic mass is 10.1. The maximum Gasteiger partial charge on any atom is 0.349 e. The second-order valence-corrected chi connectivity index (χ2v) is 7.38. The predicted octanol–water partition coefficient (Wildman–Crippen LogP) is 2.85. The number of carbonyl (C=O) groups is 2. The highest BCUT2D eigenvalue weighted by Gasteiger charge is 2.19. The van der Waals surface area contributed by atoms with E-state index in [0.29, 0.717) is 11.3 Å². The first-order valence-corrected chi connectivity index (χ1v) is 8.84. The highest BCUT2D eigenvalue weighted by molar-refractivity contribution is 5.99. The first kappa shape index (κ1) is 20.9. The van der Waals surface area contributed by atoms with Crippen LogP contribution in [-0.4, -0.2) is 33.8 Å². The molecule has 0 saturated heterocycles. The SMILES string of the molecule is Cc1nn(-c2ccccc2)c(C)c1/C=C(\C#N)C(=O)OCC(=O)NC(C)(C)C. The number of nitrogens with zero attached hydrogens (tertiary/aromatic N) is 3. The van der Waals surface area contributed by atoms with E-state index in [9.17, 15) is 14.9 Å². The molecule has 0 aliphatic rings. The van der Waals surface area contributed by atoms with E-state index in [0.717, 1.165) is 11.4 Å². The molecule has 1 aromatic heterocycles. The molecule has 0 saturated carbocycles. The summed E-state index contributed by atoms with van der Waals surface area (Å²) in [5.74, 6) is -1.28. The second kappa shape index (κ2) is 8.53. The molecule has 1 amide bonds. The lowest BCUT2D eigenvalue weighted by Crippen LogP contribution is -2.42. The van der Waals surface area contributed by atoms with Crippen molar-refractivity contribution in [2.75, 3.05) is 6.61 Å². The van der Waals surface area contributed by atoms with Crippen LogP contribution >= 0.6 is 0 Å². The Kier molecular flexibility index (Phi) is 6.37. The van der Waals surface area contributed by atoms with Gasteiger partial charge >= 0.3 is 5.97 Å². The smallest absolute Gasteiger partial charge is 0.349 e. The summed E-state index contributed by atoms with van der Waals surface area (Å²) in [5.41, 5.74) is 2.38.